The normalized spacial score (nSPS) is 53.7. The van der Waals surface area contributed by atoms with Crippen LogP contribution in [-0.4, -0.2) is 47.4 Å². The highest BCUT2D eigenvalue weighted by Crippen LogP contribution is 2.51. The van der Waals surface area contributed by atoms with Gasteiger partial charge in [0.2, 0.25) is 0 Å². The van der Waals surface area contributed by atoms with Crippen LogP contribution in [0, 0.1) is 10.8 Å². The predicted molar refractivity (Wildman–Crippen MR) is 72.2 cm³/mol. The second-order valence-corrected chi connectivity index (χ2v) is 7.48. The van der Waals surface area contributed by atoms with Crippen molar-refractivity contribution in [1.29, 1.82) is 0 Å². The second-order valence-electron chi connectivity index (χ2n) is 7.48. The average molecular weight is 248 g/mol. The molecule has 0 aromatic carbocycles. The van der Waals surface area contributed by atoms with Crippen LogP contribution in [-0.2, 0) is 4.79 Å². The van der Waals surface area contributed by atoms with E-state index >= 15 is 0 Å². The summed E-state index contributed by atoms with van der Waals surface area (Å²) in [6.07, 6.45) is 2.36. The molecule has 0 unspecified atom stereocenters. The Morgan fingerprint density at radius 2 is 1.39 bits per heavy atom. The molecule has 100 valence electrons. The average Bonchev–Trinajstić information content (AvgIpc) is 2.19. The molecule has 4 heterocycles. The Kier molecular flexibility index (Phi) is 2.24. The third-order valence-electron chi connectivity index (χ3n) is 5.10. The Morgan fingerprint density at radius 3 is 1.72 bits per heavy atom. The van der Waals surface area contributed by atoms with E-state index < -0.39 is 0 Å². The highest BCUT2D eigenvalue weighted by molar-refractivity contribution is 5.92. The zero-order chi connectivity index (χ0) is 13.3. The molecule has 0 atom stereocenters. The maximum atomic E-state index is 12.6. The summed E-state index contributed by atoms with van der Waals surface area (Å²) in [5.41, 5.74) is 1.06. The summed E-state index contributed by atoms with van der Waals surface area (Å²) in [5.74, 6) is 0.488. The number of carbonyl (C=O) groups is 1. The van der Waals surface area contributed by atoms with Gasteiger partial charge in [0.25, 0.3) is 0 Å². The molecule has 0 spiro atoms. The lowest BCUT2D eigenvalue weighted by Crippen LogP contribution is -2.81. The van der Waals surface area contributed by atoms with Gasteiger partial charge in [-0.05, 0) is 20.8 Å². The highest BCUT2D eigenvalue weighted by Gasteiger charge is 2.64. The molecule has 0 radical (unpaired) electrons. The van der Waals surface area contributed by atoms with Crippen LogP contribution >= 0.6 is 0 Å². The summed E-state index contributed by atoms with van der Waals surface area (Å²) in [6.45, 7) is 14.6. The highest BCUT2D eigenvalue weighted by atomic mass is 16.1. The fourth-order valence-electron chi connectivity index (χ4n) is 4.48. The number of ketones is 1. The molecule has 18 heavy (non-hydrogen) atoms. The standard InChI is InChI=1S/C15H24N2O/c1-11(2)6-15(5)16-7-13(3)8-17(15)10-14(4,9-16)12(13)18/h6H,7-10H2,1-5H3. The Hall–Kier alpha value is -0.670. The quantitative estimate of drug-likeness (QED) is 0.662. The van der Waals surface area contributed by atoms with Gasteiger partial charge < -0.3 is 0 Å². The Balaban J connectivity index is 2.06. The summed E-state index contributed by atoms with van der Waals surface area (Å²) >= 11 is 0. The third-order valence-corrected chi connectivity index (χ3v) is 5.10. The Labute approximate surface area is 110 Å². The van der Waals surface area contributed by atoms with Crippen molar-refractivity contribution in [1.82, 2.24) is 9.80 Å². The number of allylic oxidation sites excluding steroid dienone is 1. The van der Waals surface area contributed by atoms with Crippen molar-refractivity contribution in [3.05, 3.63) is 11.6 Å². The summed E-state index contributed by atoms with van der Waals surface area (Å²) < 4.78 is 0. The fourth-order valence-corrected chi connectivity index (χ4v) is 4.48. The van der Waals surface area contributed by atoms with Crippen LogP contribution in [0.5, 0.6) is 0 Å². The van der Waals surface area contributed by atoms with Crippen molar-refractivity contribution in [3.63, 3.8) is 0 Å². The van der Waals surface area contributed by atoms with Crippen LogP contribution in [0.1, 0.15) is 34.6 Å². The molecular formula is C15H24N2O. The molecule has 4 saturated heterocycles. The molecule has 4 aliphatic rings. The van der Waals surface area contributed by atoms with Gasteiger partial charge in [-0.25, -0.2) is 0 Å². The lowest BCUT2D eigenvalue weighted by Gasteiger charge is -2.68. The van der Waals surface area contributed by atoms with Crippen molar-refractivity contribution in [3.8, 4) is 0 Å². The lowest BCUT2D eigenvalue weighted by molar-refractivity contribution is -0.211. The smallest absolute Gasteiger partial charge is 0.149 e. The predicted octanol–water partition coefficient (Wildman–Crippen LogP) is 1.90. The first kappa shape index (κ1) is 12.4. The minimum Gasteiger partial charge on any atom is -0.298 e. The maximum absolute atomic E-state index is 12.6. The van der Waals surface area contributed by atoms with Crippen molar-refractivity contribution < 1.29 is 4.79 Å². The van der Waals surface area contributed by atoms with Gasteiger partial charge in [-0.2, -0.15) is 0 Å². The summed E-state index contributed by atoms with van der Waals surface area (Å²) in [5, 5.41) is 0. The van der Waals surface area contributed by atoms with Crippen LogP contribution in [0.25, 0.3) is 0 Å². The minimum atomic E-state index is -0.153. The van der Waals surface area contributed by atoms with Crippen molar-refractivity contribution in [2.24, 2.45) is 10.8 Å². The summed E-state index contributed by atoms with van der Waals surface area (Å²) in [4.78, 5) is 17.6. The van der Waals surface area contributed by atoms with E-state index in [1.807, 2.05) is 0 Å². The number of hydrogen-bond donors (Lipinski definition) is 0. The largest absolute Gasteiger partial charge is 0.298 e. The molecule has 4 aliphatic heterocycles. The van der Waals surface area contributed by atoms with Crippen LogP contribution in [0.2, 0.25) is 0 Å². The molecule has 0 aromatic rings. The van der Waals surface area contributed by atoms with Gasteiger partial charge in [-0.15, -0.1) is 0 Å². The minimum absolute atomic E-state index is 0.0125. The number of carbonyl (C=O) groups excluding carboxylic acids is 1. The SMILES string of the molecule is CC(C)=CC1(C)N2CC3(C)CN1CC(C)(C2)C3=O. The van der Waals surface area contributed by atoms with Gasteiger partial charge in [0.05, 0.1) is 16.5 Å². The molecule has 3 heteroatoms. The fraction of sp³-hybridized carbons (Fsp3) is 0.800. The third kappa shape index (κ3) is 1.35. The first-order valence-corrected chi connectivity index (χ1v) is 6.91. The van der Waals surface area contributed by atoms with Gasteiger partial charge in [0.1, 0.15) is 5.78 Å². The van der Waals surface area contributed by atoms with Crippen molar-refractivity contribution in [2.45, 2.75) is 40.3 Å². The molecular weight excluding hydrogens is 224 g/mol. The van der Waals surface area contributed by atoms with Crippen LogP contribution in [0.15, 0.2) is 11.6 Å². The van der Waals surface area contributed by atoms with E-state index in [2.05, 4.69) is 50.5 Å². The van der Waals surface area contributed by atoms with E-state index in [9.17, 15) is 4.79 Å². The molecule has 0 aliphatic carbocycles. The van der Waals surface area contributed by atoms with Gasteiger partial charge in [0, 0.05) is 26.2 Å². The topological polar surface area (TPSA) is 23.6 Å². The number of rotatable bonds is 1. The van der Waals surface area contributed by atoms with E-state index in [0.29, 0.717) is 5.78 Å². The number of Topliss-reactive ketones (excluding diaryl/α,β-unsaturated/α-hetero) is 1. The number of piperidine rings is 2. The van der Waals surface area contributed by atoms with Gasteiger partial charge in [0.15, 0.2) is 0 Å². The molecule has 0 aromatic heterocycles. The maximum Gasteiger partial charge on any atom is 0.149 e. The first-order chi connectivity index (χ1) is 8.20. The van der Waals surface area contributed by atoms with Crippen LogP contribution in [0.4, 0.5) is 0 Å². The van der Waals surface area contributed by atoms with E-state index in [1.54, 1.807) is 0 Å². The van der Waals surface area contributed by atoms with Crippen molar-refractivity contribution >= 4 is 5.78 Å². The lowest BCUT2D eigenvalue weighted by atomic mass is 9.60. The van der Waals surface area contributed by atoms with Gasteiger partial charge >= 0.3 is 0 Å². The van der Waals surface area contributed by atoms with E-state index in [0.717, 1.165) is 26.2 Å². The molecule has 4 bridgehead atoms. The van der Waals surface area contributed by atoms with Crippen molar-refractivity contribution in [2.75, 3.05) is 26.2 Å². The molecule has 4 fully saturated rings. The van der Waals surface area contributed by atoms with Crippen LogP contribution in [0.3, 0.4) is 0 Å². The molecule has 0 N–H and O–H groups in total. The van der Waals surface area contributed by atoms with E-state index in [1.165, 1.54) is 5.57 Å². The second kappa shape index (κ2) is 3.26. The molecule has 0 amide bonds. The summed E-state index contributed by atoms with van der Waals surface area (Å²) in [6, 6.07) is 0. The molecule has 0 saturated carbocycles. The number of hydrogen-bond acceptors (Lipinski definition) is 3. The van der Waals surface area contributed by atoms with Gasteiger partial charge in [-0.3, -0.25) is 14.6 Å². The monoisotopic (exact) mass is 248 g/mol. The van der Waals surface area contributed by atoms with Crippen LogP contribution < -0.4 is 0 Å². The van der Waals surface area contributed by atoms with E-state index in [4.69, 9.17) is 0 Å². The zero-order valence-corrected chi connectivity index (χ0v) is 12.2. The van der Waals surface area contributed by atoms with Gasteiger partial charge in [-0.1, -0.05) is 25.5 Å². The molecule has 4 rings (SSSR count). The summed E-state index contributed by atoms with van der Waals surface area (Å²) in [7, 11) is 0. The zero-order valence-electron chi connectivity index (χ0n) is 12.2. The van der Waals surface area contributed by atoms with E-state index in [-0.39, 0.29) is 16.5 Å². The number of nitrogens with zero attached hydrogens (tertiary/aromatic N) is 2. The first-order valence-electron chi connectivity index (χ1n) is 6.91. The Bertz CT molecular complexity index is 407. The Morgan fingerprint density at radius 1 is 1.00 bits per heavy atom. The molecule has 3 nitrogen and oxygen atoms in total.